The Hall–Kier alpha value is -1.64. The number of nitrogens with two attached hydrogens (primary N) is 1. The van der Waals surface area contributed by atoms with E-state index in [1.165, 1.54) is 20.2 Å². The average Bonchev–Trinajstić information content (AvgIpc) is 3.03. The molecule has 1 fully saturated rings. The number of hydrogen-bond donors (Lipinski definition) is 2. The van der Waals surface area contributed by atoms with Gasteiger partial charge in [-0.3, -0.25) is 4.79 Å². The monoisotopic (exact) mass is 368 g/mol. The van der Waals surface area contributed by atoms with Crippen LogP contribution < -0.4 is 16.0 Å². The molecule has 25 heavy (non-hydrogen) atoms. The Bertz CT molecular complexity index is 731. The summed E-state index contributed by atoms with van der Waals surface area (Å²) in [4.78, 5) is 14.7. The van der Waals surface area contributed by atoms with Crippen molar-refractivity contribution in [2.75, 3.05) is 45.0 Å². The predicted octanol–water partition coefficient (Wildman–Crippen LogP) is 1.32. The molecule has 7 nitrogen and oxygen atoms in total. The van der Waals surface area contributed by atoms with Crippen molar-refractivity contribution in [2.45, 2.75) is 24.2 Å². The molecule has 0 saturated heterocycles. The van der Waals surface area contributed by atoms with Crippen molar-refractivity contribution in [2.24, 2.45) is 17.6 Å². The number of amides is 1. The smallest absolute Gasteiger partial charge is 0.242 e. The minimum atomic E-state index is -3.57. The lowest BCUT2D eigenvalue weighted by Crippen LogP contribution is -2.30. The maximum absolute atomic E-state index is 12.7. The molecule has 1 aromatic carbocycles. The molecule has 0 bridgehead atoms. The summed E-state index contributed by atoms with van der Waals surface area (Å²) >= 11 is 0. The van der Waals surface area contributed by atoms with Gasteiger partial charge in [-0.15, -0.1) is 0 Å². The Kier molecular flexibility index (Phi) is 6.08. The van der Waals surface area contributed by atoms with Gasteiger partial charge in [-0.1, -0.05) is 6.42 Å². The van der Waals surface area contributed by atoms with Crippen LogP contribution >= 0.6 is 0 Å². The van der Waals surface area contributed by atoms with E-state index in [0.717, 1.165) is 29.3 Å². The fourth-order valence-corrected chi connectivity index (χ4v) is 4.19. The van der Waals surface area contributed by atoms with Crippen molar-refractivity contribution in [1.29, 1.82) is 0 Å². The molecule has 0 spiro atoms. The van der Waals surface area contributed by atoms with Crippen LogP contribution in [0, 0.1) is 11.8 Å². The first-order chi connectivity index (χ1) is 11.7. The molecule has 0 heterocycles. The van der Waals surface area contributed by atoms with Crippen LogP contribution in [0.15, 0.2) is 23.1 Å². The Morgan fingerprint density at radius 3 is 2.48 bits per heavy atom. The number of carbonyl (C=O) groups excluding carboxylic acids is 1. The van der Waals surface area contributed by atoms with Crippen LogP contribution in [0.3, 0.4) is 0 Å². The number of benzene rings is 1. The number of nitrogens with zero attached hydrogens (tertiary/aromatic N) is 2. The van der Waals surface area contributed by atoms with Gasteiger partial charge in [0.25, 0.3) is 0 Å². The zero-order valence-electron chi connectivity index (χ0n) is 15.3. The van der Waals surface area contributed by atoms with Crippen molar-refractivity contribution < 1.29 is 13.2 Å². The van der Waals surface area contributed by atoms with Gasteiger partial charge in [0.05, 0.1) is 16.3 Å². The second-order valence-electron chi connectivity index (χ2n) is 6.88. The lowest BCUT2D eigenvalue weighted by molar-refractivity contribution is -0.120. The fraction of sp³-hybridized carbons (Fsp3) is 0.588. The summed E-state index contributed by atoms with van der Waals surface area (Å²) in [6, 6.07) is 4.79. The van der Waals surface area contributed by atoms with E-state index < -0.39 is 10.0 Å². The lowest BCUT2D eigenvalue weighted by Gasteiger charge is -2.22. The zero-order chi connectivity index (χ0) is 18.8. The van der Waals surface area contributed by atoms with Crippen LogP contribution in [0.25, 0.3) is 0 Å². The molecule has 1 saturated carbocycles. The molecule has 140 valence electrons. The molecule has 3 N–H and O–H groups in total. The van der Waals surface area contributed by atoms with E-state index in [2.05, 4.69) is 5.32 Å². The maximum atomic E-state index is 12.7. The summed E-state index contributed by atoms with van der Waals surface area (Å²) in [6.45, 7) is 0.494. The third kappa shape index (κ3) is 4.13. The Morgan fingerprint density at radius 1 is 1.24 bits per heavy atom. The van der Waals surface area contributed by atoms with E-state index >= 15 is 0 Å². The first-order valence-corrected chi connectivity index (χ1v) is 9.87. The normalized spacial score (nSPS) is 20.7. The van der Waals surface area contributed by atoms with Gasteiger partial charge in [0, 0.05) is 34.1 Å². The molecule has 1 aliphatic rings. The van der Waals surface area contributed by atoms with Crippen LogP contribution in [0.4, 0.5) is 11.4 Å². The molecule has 0 aliphatic heterocycles. The summed E-state index contributed by atoms with van der Waals surface area (Å²) < 4.78 is 25.9. The molecule has 2 rings (SSSR count). The highest BCUT2D eigenvalue weighted by Crippen LogP contribution is 2.34. The molecule has 1 aromatic rings. The van der Waals surface area contributed by atoms with Crippen molar-refractivity contribution in [3.63, 3.8) is 0 Å². The Balaban J connectivity index is 2.36. The molecule has 0 radical (unpaired) electrons. The third-order valence-corrected chi connectivity index (χ3v) is 6.60. The molecular formula is C17H28N4O3S. The largest absolute Gasteiger partial charge is 0.376 e. The summed E-state index contributed by atoms with van der Waals surface area (Å²) in [6.07, 6.45) is 2.78. The van der Waals surface area contributed by atoms with E-state index in [1.807, 2.05) is 19.0 Å². The number of hydrogen-bond acceptors (Lipinski definition) is 5. The second kappa shape index (κ2) is 7.72. The summed E-state index contributed by atoms with van der Waals surface area (Å²) in [7, 11) is 3.10. The molecule has 2 atom stereocenters. The van der Waals surface area contributed by atoms with Crippen molar-refractivity contribution in [3.05, 3.63) is 18.2 Å². The number of sulfonamides is 1. The van der Waals surface area contributed by atoms with E-state index in [-0.39, 0.29) is 22.6 Å². The number of nitrogens with one attached hydrogen (secondary N) is 1. The fourth-order valence-electron chi connectivity index (χ4n) is 3.27. The van der Waals surface area contributed by atoms with Crippen molar-refractivity contribution in [3.8, 4) is 0 Å². The van der Waals surface area contributed by atoms with Crippen LogP contribution in [-0.4, -0.2) is 53.4 Å². The van der Waals surface area contributed by atoms with E-state index in [9.17, 15) is 13.2 Å². The van der Waals surface area contributed by atoms with E-state index in [1.54, 1.807) is 12.1 Å². The van der Waals surface area contributed by atoms with Crippen LogP contribution in [0.5, 0.6) is 0 Å². The predicted molar refractivity (Wildman–Crippen MR) is 100 cm³/mol. The van der Waals surface area contributed by atoms with Crippen molar-refractivity contribution in [1.82, 2.24) is 4.31 Å². The van der Waals surface area contributed by atoms with Crippen LogP contribution in [0.1, 0.15) is 19.3 Å². The van der Waals surface area contributed by atoms with Gasteiger partial charge in [0.15, 0.2) is 0 Å². The summed E-state index contributed by atoms with van der Waals surface area (Å²) in [5.74, 6) is -0.0129. The first-order valence-electron chi connectivity index (χ1n) is 8.43. The molecule has 0 aromatic heterocycles. The number of rotatable bonds is 6. The average molecular weight is 369 g/mol. The van der Waals surface area contributed by atoms with Gasteiger partial charge in [0.1, 0.15) is 0 Å². The highest BCUT2D eigenvalue weighted by Gasteiger charge is 2.32. The van der Waals surface area contributed by atoms with Gasteiger partial charge < -0.3 is 16.0 Å². The van der Waals surface area contributed by atoms with Gasteiger partial charge in [-0.25, -0.2) is 12.7 Å². The van der Waals surface area contributed by atoms with Crippen LogP contribution in [0.2, 0.25) is 0 Å². The Morgan fingerprint density at radius 2 is 1.92 bits per heavy atom. The highest BCUT2D eigenvalue weighted by molar-refractivity contribution is 7.89. The van der Waals surface area contributed by atoms with E-state index in [4.69, 9.17) is 5.73 Å². The highest BCUT2D eigenvalue weighted by atomic mass is 32.2. The molecular weight excluding hydrogens is 340 g/mol. The molecule has 1 aliphatic carbocycles. The molecule has 1 amide bonds. The Labute approximate surface area is 150 Å². The molecule has 8 heteroatoms. The minimum absolute atomic E-state index is 0.0875. The first kappa shape index (κ1) is 19.7. The van der Waals surface area contributed by atoms with Gasteiger partial charge in [-0.05, 0) is 43.5 Å². The number of carbonyl (C=O) groups is 1. The quantitative estimate of drug-likeness (QED) is 0.789. The van der Waals surface area contributed by atoms with Crippen LogP contribution in [-0.2, 0) is 14.8 Å². The van der Waals surface area contributed by atoms with E-state index in [0.29, 0.717) is 12.2 Å². The van der Waals surface area contributed by atoms with Gasteiger partial charge >= 0.3 is 0 Å². The van der Waals surface area contributed by atoms with Gasteiger partial charge in [-0.2, -0.15) is 0 Å². The summed E-state index contributed by atoms with van der Waals surface area (Å²) in [5.41, 5.74) is 7.03. The summed E-state index contributed by atoms with van der Waals surface area (Å²) in [5, 5.41) is 2.93. The standard InChI is InChI=1S/C17H28N4O3S/c1-20(2)16-9-8-13(25(23,24)21(3)4)10-15(16)19-17(22)14-7-5-6-12(14)11-18/h8-10,12,14H,5-7,11,18H2,1-4H3,(H,19,22)/t12-,14-/m1/s1. The lowest BCUT2D eigenvalue weighted by atomic mass is 9.95. The van der Waals surface area contributed by atoms with Gasteiger partial charge in [0.2, 0.25) is 15.9 Å². The SMILES string of the molecule is CN(C)c1ccc(S(=O)(=O)N(C)C)cc1NC(=O)[C@@H]1CCC[C@@H]1CN. The topological polar surface area (TPSA) is 95.7 Å². The zero-order valence-corrected chi connectivity index (χ0v) is 16.1. The maximum Gasteiger partial charge on any atom is 0.242 e. The minimum Gasteiger partial charge on any atom is -0.376 e. The third-order valence-electron chi connectivity index (χ3n) is 4.78. The number of anilines is 2. The second-order valence-corrected chi connectivity index (χ2v) is 9.04. The molecule has 0 unspecified atom stereocenters. The van der Waals surface area contributed by atoms with Crippen molar-refractivity contribution >= 4 is 27.3 Å².